The van der Waals surface area contributed by atoms with Crippen LogP contribution in [0.5, 0.6) is 0 Å². The van der Waals surface area contributed by atoms with Gasteiger partial charge >= 0.3 is 0 Å². The third-order valence-electron chi connectivity index (χ3n) is 8.50. The number of hydrogen-bond donors (Lipinski definition) is 0. The molecule has 0 atom stereocenters. The largest absolute Gasteiger partial charge is 0.256 e. The minimum absolute atomic E-state index is 0.785. The molecule has 49 heavy (non-hydrogen) atoms. The van der Waals surface area contributed by atoms with Crippen LogP contribution < -0.4 is 0 Å². The molecule has 0 radical (unpaired) electrons. The van der Waals surface area contributed by atoms with Gasteiger partial charge in [0.15, 0.2) is 0 Å². The highest BCUT2D eigenvalue weighted by atomic mass is 32.1. The molecule has 0 fully saturated rings. The fourth-order valence-electron chi connectivity index (χ4n) is 6.24. The van der Waals surface area contributed by atoms with E-state index in [-0.39, 0.29) is 0 Å². The Morgan fingerprint density at radius 1 is 0.408 bits per heavy atom. The minimum Gasteiger partial charge on any atom is -0.256 e. The second-order valence-electron chi connectivity index (χ2n) is 11.6. The van der Waals surface area contributed by atoms with E-state index in [2.05, 4.69) is 76.7 Å². The summed E-state index contributed by atoms with van der Waals surface area (Å²) in [6.45, 7) is 0. The molecule has 0 saturated heterocycles. The Hall–Kier alpha value is -6.44. The van der Waals surface area contributed by atoms with Crippen molar-refractivity contribution in [3.05, 3.63) is 158 Å². The zero-order chi connectivity index (χ0) is 32.6. The molecule has 0 bridgehead atoms. The Morgan fingerprint density at radius 2 is 0.980 bits per heavy atom. The molecule has 0 saturated carbocycles. The first-order valence-electron chi connectivity index (χ1n) is 15.9. The Kier molecular flexibility index (Phi) is 7.22. The first kappa shape index (κ1) is 28.8. The van der Waals surface area contributed by atoms with Gasteiger partial charge in [0.25, 0.3) is 0 Å². The number of rotatable bonds is 6. The Morgan fingerprint density at radius 3 is 1.57 bits per heavy atom. The van der Waals surface area contributed by atoms with Crippen molar-refractivity contribution in [3.63, 3.8) is 0 Å². The van der Waals surface area contributed by atoms with Gasteiger partial charge in [-0.1, -0.05) is 60.7 Å². The van der Waals surface area contributed by atoms with Gasteiger partial charge in [-0.2, -0.15) is 0 Å². The fourth-order valence-corrected chi connectivity index (χ4v) is 7.56. The highest BCUT2D eigenvalue weighted by Gasteiger charge is 2.24. The van der Waals surface area contributed by atoms with Gasteiger partial charge in [0.05, 0.1) is 50.3 Å². The highest BCUT2D eigenvalue weighted by Crippen LogP contribution is 2.49. The molecular formula is C42H26N6S. The molecule has 0 aliphatic heterocycles. The predicted molar refractivity (Wildman–Crippen MR) is 199 cm³/mol. The van der Waals surface area contributed by atoms with E-state index < -0.39 is 0 Å². The van der Waals surface area contributed by atoms with E-state index in [9.17, 15) is 0 Å². The van der Waals surface area contributed by atoms with Gasteiger partial charge in [0, 0.05) is 51.4 Å². The zero-order valence-electron chi connectivity index (χ0n) is 26.1. The molecule has 7 heterocycles. The molecule has 2 aromatic carbocycles. The van der Waals surface area contributed by atoms with Crippen LogP contribution in [0.2, 0.25) is 0 Å². The van der Waals surface area contributed by atoms with Crippen molar-refractivity contribution < 1.29 is 0 Å². The second kappa shape index (κ2) is 12.3. The topological polar surface area (TPSA) is 77.3 Å². The number of fused-ring (bicyclic) bond motifs is 3. The summed E-state index contributed by atoms with van der Waals surface area (Å²) in [5.41, 5.74) is 11.0. The fraction of sp³-hybridized carbons (Fsp3) is 0. The molecule has 0 aliphatic carbocycles. The van der Waals surface area contributed by atoms with Crippen LogP contribution in [0.25, 0.3) is 88.0 Å². The van der Waals surface area contributed by atoms with Crippen LogP contribution >= 0.6 is 11.3 Å². The van der Waals surface area contributed by atoms with Gasteiger partial charge in [-0.25, -0.2) is 9.97 Å². The minimum atomic E-state index is 0.785. The van der Waals surface area contributed by atoms with Gasteiger partial charge < -0.3 is 0 Å². The van der Waals surface area contributed by atoms with Crippen molar-refractivity contribution in [3.8, 4) is 67.0 Å². The molecule has 0 spiro atoms. The van der Waals surface area contributed by atoms with Crippen LogP contribution in [0.4, 0.5) is 0 Å². The van der Waals surface area contributed by atoms with Gasteiger partial charge in [0.1, 0.15) is 0 Å². The highest BCUT2D eigenvalue weighted by molar-refractivity contribution is 7.24. The third kappa shape index (κ3) is 5.32. The van der Waals surface area contributed by atoms with Crippen molar-refractivity contribution >= 4 is 32.3 Å². The Labute approximate surface area is 286 Å². The zero-order valence-corrected chi connectivity index (χ0v) is 26.9. The number of benzene rings is 2. The maximum absolute atomic E-state index is 5.36. The summed E-state index contributed by atoms with van der Waals surface area (Å²) >= 11 is 1.74. The van der Waals surface area contributed by atoms with Gasteiger partial charge in [0.2, 0.25) is 0 Å². The molecule has 9 rings (SSSR count). The Bertz CT molecular complexity index is 2520. The summed E-state index contributed by atoms with van der Waals surface area (Å²) in [7, 11) is 0. The van der Waals surface area contributed by atoms with Crippen LogP contribution in [0.3, 0.4) is 0 Å². The molecule has 0 aliphatic rings. The van der Waals surface area contributed by atoms with Crippen molar-refractivity contribution in [2.75, 3.05) is 0 Å². The predicted octanol–water partition coefficient (Wildman–Crippen LogP) is 10.4. The van der Waals surface area contributed by atoms with Gasteiger partial charge in [-0.15, -0.1) is 11.3 Å². The summed E-state index contributed by atoms with van der Waals surface area (Å²) in [5.74, 6) is 0. The molecule has 0 N–H and O–H groups in total. The van der Waals surface area contributed by atoms with E-state index >= 15 is 0 Å². The van der Waals surface area contributed by atoms with Crippen LogP contribution in [-0.4, -0.2) is 29.9 Å². The van der Waals surface area contributed by atoms with Crippen molar-refractivity contribution in [2.45, 2.75) is 0 Å². The summed E-state index contributed by atoms with van der Waals surface area (Å²) in [6.07, 6.45) is 7.28. The monoisotopic (exact) mass is 646 g/mol. The van der Waals surface area contributed by atoms with Crippen molar-refractivity contribution in [1.29, 1.82) is 0 Å². The van der Waals surface area contributed by atoms with Crippen LogP contribution in [-0.2, 0) is 0 Å². The Balaban J connectivity index is 1.34. The lowest BCUT2D eigenvalue weighted by Gasteiger charge is -2.12. The van der Waals surface area contributed by atoms with Crippen LogP contribution in [0, 0.1) is 0 Å². The smallest absolute Gasteiger partial charge is 0.0900 e. The van der Waals surface area contributed by atoms with Crippen LogP contribution in [0.1, 0.15) is 0 Å². The summed E-state index contributed by atoms with van der Waals surface area (Å²) < 4.78 is 1.14. The second-order valence-corrected chi connectivity index (χ2v) is 12.6. The van der Waals surface area contributed by atoms with E-state index in [1.807, 2.05) is 79.1 Å². The van der Waals surface area contributed by atoms with Gasteiger partial charge in [-0.05, 0) is 83.9 Å². The number of aromatic nitrogens is 6. The lowest BCUT2D eigenvalue weighted by molar-refractivity contribution is 1.22. The average Bonchev–Trinajstić information content (AvgIpc) is 3.60. The van der Waals surface area contributed by atoms with E-state index in [0.717, 1.165) is 88.0 Å². The number of thiophene rings is 1. The van der Waals surface area contributed by atoms with E-state index in [1.54, 1.807) is 23.7 Å². The summed E-state index contributed by atoms with van der Waals surface area (Å²) in [4.78, 5) is 30.3. The standard InChI is InChI=1S/C42H26N6S/c1-2-12-27(13-3-1)40-39-38(34-16-6-10-22-45-34)42(35-17-7-11-23-46-35)49-41(39)30-24-28(18-19-31(30)48-40)29-25-36(32-14-4-8-20-43-32)47-37(26-29)33-15-5-9-21-44-33/h1-26H. The van der Waals surface area contributed by atoms with Crippen LogP contribution in [0.15, 0.2) is 158 Å². The first-order chi connectivity index (χ1) is 24.3. The third-order valence-corrected chi connectivity index (χ3v) is 9.74. The molecule has 230 valence electrons. The number of hydrogen-bond acceptors (Lipinski definition) is 7. The molecular weight excluding hydrogens is 621 g/mol. The van der Waals surface area contributed by atoms with Crippen molar-refractivity contribution in [2.24, 2.45) is 0 Å². The maximum Gasteiger partial charge on any atom is 0.0900 e. The SMILES string of the molecule is c1ccc(-c2nc3ccc(-c4cc(-c5ccccn5)nc(-c5ccccn5)c4)cc3c3sc(-c4ccccn4)c(-c4ccccn4)c23)cc1. The number of pyridine rings is 6. The quantitative estimate of drug-likeness (QED) is 0.179. The first-order valence-corrected chi connectivity index (χ1v) is 16.8. The lowest BCUT2D eigenvalue weighted by Crippen LogP contribution is -1.94. The molecule has 0 unspecified atom stereocenters. The normalized spacial score (nSPS) is 11.3. The molecule has 0 amide bonds. The van der Waals surface area contributed by atoms with E-state index in [1.165, 1.54) is 0 Å². The number of nitrogens with zero attached hydrogens (tertiary/aromatic N) is 6. The maximum atomic E-state index is 5.36. The summed E-state index contributed by atoms with van der Waals surface area (Å²) in [5, 5.41) is 2.13. The van der Waals surface area contributed by atoms with E-state index in [4.69, 9.17) is 19.9 Å². The summed E-state index contributed by atoms with van der Waals surface area (Å²) in [6, 6.07) is 45.0. The molecule has 7 aromatic heterocycles. The lowest BCUT2D eigenvalue weighted by atomic mass is 9.96. The molecule has 7 heteroatoms. The molecule has 6 nitrogen and oxygen atoms in total. The van der Waals surface area contributed by atoms with Gasteiger partial charge in [-0.3, -0.25) is 19.9 Å². The van der Waals surface area contributed by atoms with E-state index in [0.29, 0.717) is 0 Å². The average molecular weight is 647 g/mol. The molecule has 9 aromatic rings. The van der Waals surface area contributed by atoms with Crippen molar-refractivity contribution in [1.82, 2.24) is 29.9 Å².